The number of aliphatic carboxylic acids is 1. The molecule has 1 aliphatic carbocycles. The molecule has 1 aliphatic rings. The molecule has 2 N–H and O–H groups in total. The van der Waals surface area contributed by atoms with Crippen molar-refractivity contribution in [2.45, 2.75) is 31.7 Å². The van der Waals surface area contributed by atoms with E-state index in [0.717, 1.165) is 23.1 Å². The van der Waals surface area contributed by atoms with E-state index < -0.39 is 24.3 Å². The zero-order valence-corrected chi connectivity index (χ0v) is 18.4. The molecule has 4 rings (SSSR count). The van der Waals surface area contributed by atoms with Crippen molar-refractivity contribution in [3.8, 4) is 16.3 Å². The van der Waals surface area contributed by atoms with E-state index in [0.29, 0.717) is 16.3 Å². The van der Waals surface area contributed by atoms with Gasteiger partial charge in [-0.1, -0.05) is 30.3 Å². The number of nitrogens with one attached hydrogen (secondary N) is 1. The lowest BCUT2D eigenvalue weighted by Crippen LogP contribution is -2.41. The van der Waals surface area contributed by atoms with Crippen molar-refractivity contribution in [1.29, 1.82) is 0 Å². The number of alkyl halides is 3. The van der Waals surface area contributed by atoms with Crippen LogP contribution in [0.3, 0.4) is 0 Å². The van der Waals surface area contributed by atoms with Crippen molar-refractivity contribution in [3.63, 3.8) is 0 Å². The first-order chi connectivity index (χ1) is 16.2. The van der Waals surface area contributed by atoms with Gasteiger partial charge in [0.05, 0.1) is 12.1 Å². The molecule has 34 heavy (non-hydrogen) atoms. The Bertz CT molecular complexity index is 1240. The third kappa shape index (κ3) is 5.82. The van der Waals surface area contributed by atoms with Crippen molar-refractivity contribution in [2.75, 3.05) is 0 Å². The summed E-state index contributed by atoms with van der Waals surface area (Å²) >= 11 is 1.23. The van der Waals surface area contributed by atoms with Crippen LogP contribution >= 0.6 is 11.3 Å². The van der Waals surface area contributed by atoms with Gasteiger partial charge in [0.2, 0.25) is 5.91 Å². The Labute approximate surface area is 196 Å². The Balaban J connectivity index is 1.37. The molecule has 3 aromatic rings. The van der Waals surface area contributed by atoms with Gasteiger partial charge in [-0.2, -0.15) is 0 Å². The molecule has 1 heterocycles. The van der Waals surface area contributed by atoms with Gasteiger partial charge < -0.3 is 15.2 Å². The molecule has 0 spiro atoms. The van der Waals surface area contributed by atoms with E-state index >= 15 is 0 Å². The highest BCUT2D eigenvalue weighted by Gasteiger charge is 2.31. The number of carboxylic acid groups (broad SMARTS) is 1. The standard InChI is InChI=1S/C24H19F3N2O4S/c25-24(26,27)33-18-9-7-15(8-10-18)22-28-17(13-34-22)12-21(30)29-20(23(31)32)11-16-6-5-14-3-1-2-4-19(14)16/h1-4,6-10,13,20H,5,11-12H2,(H,29,30)(H,31,32)/t20-/m0/s1. The molecule has 10 heteroatoms. The van der Waals surface area contributed by atoms with Gasteiger partial charge in [-0.3, -0.25) is 4.79 Å². The highest BCUT2D eigenvalue weighted by molar-refractivity contribution is 7.13. The summed E-state index contributed by atoms with van der Waals surface area (Å²) in [7, 11) is 0. The van der Waals surface area contributed by atoms with Crippen molar-refractivity contribution >= 4 is 28.8 Å². The monoisotopic (exact) mass is 488 g/mol. The van der Waals surface area contributed by atoms with Crippen molar-refractivity contribution in [1.82, 2.24) is 10.3 Å². The number of carbonyl (C=O) groups is 2. The number of hydrogen-bond donors (Lipinski definition) is 2. The molecule has 2 aromatic carbocycles. The van der Waals surface area contributed by atoms with Crippen LogP contribution in [0.4, 0.5) is 13.2 Å². The summed E-state index contributed by atoms with van der Waals surface area (Å²) in [5.74, 6) is -1.95. The molecule has 0 saturated heterocycles. The average Bonchev–Trinajstić information content (AvgIpc) is 3.40. The van der Waals surface area contributed by atoms with Crippen LogP contribution in [-0.2, 0) is 22.4 Å². The number of fused-ring (bicyclic) bond motifs is 1. The van der Waals surface area contributed by atoms with E-state index in [1.165, 1.54) is 35.6 Å². The quantitative estimate of drug-likeness (QED) is 0.473. The summed E-state index contributed by atoms with van der Waals surface area (Å²) in [5.41, 5.74) is 4.01. The van der Waals surface area contributed by atoms with Gasteiger partial charge in [0.1, 0.15) is 16.8 Å². The van der Waals surface area contributed by atoms with Crippen LogP contribution in [0, 0.1) is 0 Å². The number of halogens is 3. The number of hydrogen-bond acceptors (Lipinski definition) is 5. The third-order valence-corrected chi connectivity index (χ3v) is 6.16. The van der Waals surface area contributed by atoms with Crippen LogP contribution in [-0.4, -0.2) is 34.4 Å². The Morgan fingerprint density at radius 3 is 2.59 bits per heavy atom. The number of thiazole rings is 1. The van der Waals surface area contributed by atoms with Gasteiger partial charge in [0, 0.05) is 17.4 Å². The number of aromatic nitrogens is 1. The fraction of sp³-hybridized carbons (Fsp3) is 0.208. The topological polar surface area (TPSA) is 88.5 Å². The van der Waals surface area contributed by atoms with E-state index in [1.807, 2.05) is 30.3 Å². The maximum atomic E-state index is 12.5. The number of nitrogens with zero attached hydrogens (tertiary/aromatic N) is 1. The van der Waals surface area contributed by atoms with Crippen LogP contribution < -0.4 is 10.1 Å². The van der Waals surface area contributed by atoms with E-state index in [1.54, 1.807) is 5.38 Å². The summed E-state index contributed by atoms with van der Waals surface area (Å²) in [5, 5.41) is 14.3. The molecule has 0 unspecified atom stereocenters. The Hall–Kier alpha value is -3.66. The maximum Gasteiger partial charge on any atom is 0.573 e. The van der Waals surface area contributed by atoms with Crippen LogP contribution in [0.1, 0.15) is 23.2 Å². The maximum absolute atomic E-state index is 12.5. The predicted octanol–water partition coefficient (Wildman–Crippen LogP) is 4.85. The van der Waals surface area contributed by atoms with Gasteiger partial charge in [0.25, 0.3) is 0 Å². The minimum atomic E-state index is -4.77. The summed E-state index contributed by atoms with van der Waals surface area (Å²) in [4.78, 5) is 28.6. The normalized spacial score (nSPS) is 13.7. The van der Waals surface area contributed by atoms with Gasteiger partial charge >= 0.3 is 12.3 Å². The zero-order valence-electron chi connectivity index (χ0n) is 17.6. The average molecular weight is 488 g/mol. The van der Waals surface area contributed by atoms with Crippen LogP contribution in [0.25, 0.3) is 16.1 Å². The number of allylic oxidation sites excluding steroid dienone is 1. The number of rotatable bonds is 8. The largest absolute Gasteiger partial charge is 0.573 e. The van der Waals surface area contributed by atoms with Crippen LogP contribution in [0.5, 0.6) is 5.75 Å². The lowest BCUT2D eigenvalue weighted by Gasteiger charge is -2.16. The second kappa shape index (κ2) is 9.68. The first-order valence-electron chi connectivity index (χ1n) is 10.3. The molecule has 0 radical (unpaired) electrons. The lowest BCUT2D eigenvalue weighted by molar-refractivity contribution is -0.274. The minimum Gasteiger partial charge on any atom is -0.480 e. The van der Waals surface area contributed by atoms with E-state index in [4.69, 9.17) is 0 Å². The Morgan fingerprint density at radius 2 is 1.88 bits per heavy atom. The minimum absolute atomic E-state index is 0.120. The number of benzene rings is 2. The van der Waals surface area contributed by atoms with Crippen LogP contribution in [0.2, 0.25) is 0 Å². The van der Waals surface area contributed by atoms with Gasteiger partial charge in [-0.15, -0.1) is 24.5 Å². The van der Waals surface area contributed by atoms with Crippen molar-refractivity contribution < 1.29 is 32.6 Å². The Kier molecular flexibility index (Phi) is 6.69. The molecular formula is C24H19F3N2O4S. The molecule has 1 amide bonds. The summed E-state index contributed by atoms with van der Waals surface area (Å²) in [6, 6.07) is 11.9. The zero-order chi connectivity index (χ0) is 24.3. The predicted molar refractivity (Wildman–Crippen MR) is 120 cm³/mol. The van der Waals surface area contributed by atoms with Crippen molar-refractivity contribution in [2.24, 2.45) is 0 Å². The highest BCUT2D eigenvalue weighted by Crippen LogP contribution is 2.31. The van der Waals surface area contributed by atoms with E-state index in [2.05, 4.69) is 15.0 Å². The molecule has 0 saturated carbocycles. The molecule has 0 aliphatic heterocycles. The fourth-order valence-electron chi connectivity index (χ4n) is 3.70. The molecule has 1 atom stereocenters. The fourth-order valence-corrected chi connectivity index (χ4v) is 4.52. The SMILES string of the molecule is O=C(Cc1csc(-c2ccc(OC(F)(F)F)cc2)n1)N[C@@H](CC1=CCc2ccccc21)C(=O)O. The number of ether oxygens (including phenoxy) is 1. The second-order valence-electron chi connectivity index (χ2n) is 7.65. The van der Waals surface area contributed by atoms with Gasteiger partial charge in [-0.05, 0) is 47.4 Å². The molecule has 176 valence electrons. The molecular weight excluding hydrogens is 469 g/mol. The van der Waals surface area contributed by atoms with E-state index in [-0.39, 0.29) is 18.6 Å². The molecule has 0 fully saturated rings. The third-order valence-electron chi connectivity index (χ3n) is 5.22. The first kappa shape index (κ1) is 23.5. The molecule has 0 bridgehead atoms. The van der Waals surface area contributed by atoms with Crippen molar-refractivity contribution in [3.05, 3.63) is 76.8 Å². The number of carbonyl (C=O) groups excluding carboxylic acids is 1. The highest BCUT2D eigenvalue weighted by atomic mass is 32.1. The number of amides is 1. The Morgan fingerprint density at radius 1 is 1.15 bits per heavy atom. The van der Waals surface area contributed by atoms with E-state index in [9.17, 15) is 27.9 Å². The smallest absolute Gasteiger partial charge is 0.480 e. The lowest BCUT2D eigenvalue weighted by atomic mass is 9.99. The van der Waals surface area contributed by atoms with Crippen LogP contribution in [0.15, 0.2) is 60.0 Å². The molecule has 1 aromatic heterocycles. The second-order valence-corrected chi connectivity index (χ2v) is 8.50. The summed E-state index contributed by atoms with van der Waals surface area (Å²) in [6.45, 7) is 0. The summed E-state index contributed by atoms with van der Waals surface area (Å²) < 4.78 is 40.7. The molecule has 6 nitrogen and oxygen atoms in total. The van der Waals surface area contributed by atoms with Gasteiger partial charge in [-0.25, -0.2) is 9.78 Å². The number of carboxylic acids is 1. The van der Waals surface area contributed by atoms with Gasteiger partial charge in [0.15, 0.2) is 0 Å². The summed E-state index contributed by atoms with van der Waals surface area (Å²) in [6.07, 6.45) is -2.01. The first-order valence-corrected chi connectivity index (χ1v) is 11.2.